The average Bonchev–Trinajstić information content (AvgIpc) is 3.91. The lowest BCUT2D eigenvalue weighted by atomic mass is 9.83. The van der Waals surface area contributed by atoms with E-state index in [4.69, 9.17) is 9.47 Å². The molecule has 0 aromatic heterocycles. The summed E-state index contributed by atoms with van der Waals surface area (Å²) in [4.78, 5) is 70.0. The summed E-state index contributed by atoms with van der Waals surface area (Å²) in [5, 5.41) is 3.49. The summed E-state index contributed by atoms with van der Waals surface area (Å²) < 4.78 is 24.9. The maximum absolute atomic E-state index is 14.3. The van der Waals surface area contributed by atoms with E-state index in [9.17, 15) is 28.6 Å². The van der Waals surface area contributed by atoms with E-state index in [0.29, 0.717) is 31.3 Å². The third-order valence-corrected chi connectivity index (χ3v) is 14.8. The second kappa shape index (κ2) is 19.6. The van der Waals surface area contributed by atoms with Crippen LogP contribution in [0, 0.1) is 29.6 Å². The van der Waals surface area contributed by atoms with Crippen LogP contribution in [0.1, 0.15) is 98.0 Å². The van der Waals surface area contributed by atoms with Gasteiger partial charge in [-0.2, -0.15) is 0 Å². The minimum absolute atomic E-state index is 0.0103. The Kier molecular flexibility index (Phi) is 16.1. The monoisotopic (exact) mass is 773 g/mol. The van der Waals surface area contributed by atoms with Crippen LogP contribution >= 0.6 is 7.37 Å². The number of ether oxygens (including phenoxy) is 2. The topological polar surface area (TPSA) is 143 Å². The van der Waals surface area contributed by atoms with Gasteiger partial charge in [0.1, 0.15) is 5.78 Å². The number of hydrogen-bond acceptors (Lipinski definition) is 8. The molecule has 12 heteroatoms. The van der Waals surface area contributed by atoms with Crippen molar-refractivity contribution in [2.24, 2.45) is 29.6 Å². The maximum Gasteiger partial charge on any atom is 0.226 e. The third kappa shape index (κ3) is 10.7. The summed E-state index contributed by atoms with van der Waals surface area (Å²) in [5.74, 6) is -1.04. The number of likely N-dealkylation sites (N-methyl/N-ethyl adjacent to an activating group) is 1. The number of benzene rings is 1. The standard InChI is InChI=1S/C42H68N3O8P/c1-10-27(4)40(44(6)42(49)33(26(2)3)24-36(47)39-30-18-19-31(22-30)43-39)37(52-7)25-38(48)45-20-14-17-34(45)41(53-8)28(5)35(46)23-32(54(9,50)51)21-29-15-12-11-13-16-29/h11-13,15-16,26-28,30-34,37,39-41,43H,10,14,17-25H2,1-9H3,(H,50,51)/t27-,28-,30-,31+,32+,33-,34-,37+,39-,40-,41+/m0/s1. The van der Waals surface area contributed by atoms with Crippen LogP contribution in [-0.2, 0) is 39.6 Å². The van der Waals surface area contributed by atoms with Crippen LogP contribution in [0.4, 0.5) is 0 Å². The second-order valence-electron chi connectivity index (χ2n) is 17.0. The van der Waals surface area contributed by atoms with Crippen molar-refractivity contribution < 1.29 is 38.1 Å². The highest BCUT2D eigenvalue weighted by atomic mass is 31.2. The van der Waals surface area contributed by atoms with Gasteiger partial charge in [0, 0.05) is 70.9 Å². The predicted octanol–water partition coefficient (Wildman–Crippen LogP) is 5.75. The summed E-state index contributed by atoms with van der Waals surface area (Å²) in [5.41, 5.74) is 0.170. The van der Waals surface area contributed by atoms with Crippen LogP contribution < -0.4 is 5.32 Å². The Hall–Kier alpha value is -2.43. The first-order chi connectivity index (χ1) is 25.5. The number of piperidine rings is 1. The molecule has 1 aliphatic carbocycles. The minimum atomic E-state index is -3.60. The second-order valence-corrected chi connectivity index (χ2v) is 19.6. The number of methoxy groups -OCH3 is 2. The number of carbonyl (C=O) groups excluding carboxylic acids is 4. The van der Waals surface area contributed by atoms with Crippen LogP contribution in [0.25, 0.3) is 0 Å². The zero-order valence-electron chi connectivity index (χ0n) is 34.2. The molecule has 2 aliphatic heterocycles. The van der Waals surface area contributed by atoms with E-state index < -0.39 is 43.1 Å². The fraction of sp³-hybridized carbons (Fsp3) is 0.762. The van der Waals surface area contributed by atoms with E-state index in [-0.39, 0.29) is 66.6 Å². The molecule has 1 saturated carbocycles. The molecule has 0 radical (unpaired) electrons. The van der Waals surface area contributed by atoms with E-state index in [1.54, 1.807) is 38.0 Å². The first-order valence-electron chi connectivity index (χ1n) is 20.3. The van der Waals surface area contributed by atoms with Crippen LogP contribution in [0.15, 0.2) is 30.3 Å². The summed E-state index contributed by atoms with van der Waals surface area (Å²) in [6.07, 6.45) is 4.68. The quantitative estimate of drug-likeness (QED) is 0.150. The molecule has 1 unspecified atom stereocenters. The Morgan fingerprint density at radius 1 is 1.00 bits per heavy atom. The summed E-state index contributed by atoms with van der Waals surface area (Å²) in [7, 11) is 1.31. The van der Waals surface area contributed by atoms with Crippen molar-refractivity contribution in [3.8, 4) is 0 Å². The number of fused-ring (bicyclic) bond motifs is 2. The van der Waals surface area contributed by atoms with Crippen molar-refractivity contribution in [1.82, 2.24) is 15.1 Å². The van der Waals surface area contributed by atoms with Gasteiger partial charge >= 0.3 is 0 Å². The van der Waals surface area contributed by atoms with Gasteiger partial charge < -0.3 is 29.5 Å². The number of ketones is 2. The number of amides is 2. The maximum atomic E-state index is 14.3. The normalized spacial score (nSPS) is 26.1. The Labute approximate surface area is 324 Å². The smallest absolute Gasteiger partial charge is 0.226 e. The van der Waals surface area contributed by atoms with Crippen molar-refractivity contribution in [1.29, 1.82) is 0 Å². The van der Waals surface area contributed by atoms with Gasteiger partial charge in [-0.1, -0.05) is 71.4 Å². The molecular weight excluding hydrogens is 705 g/mol. The SMILES string of the molecule is CC[C@H](C)[C@@H]([C@@H](CC(=O)N1CCC[C@H]1[C@H](OC)[C@@H](C)C(=O)C[C@@H](Cc1ccccc1)P(C)(=O)O)OC)N(C)C(=O)[C@@H](CC(=O)[C@H]1N[C@@H]2CC[C@H]1C2)C(C)C. The summed E-state index contributed by atoms with van der Waals surface area (Å²) in [6.45, 7) is 11.7. The molecule has 54 heavy (non-hydrogen) atoms. The van der Waals surface area contributed by atoms with Gasteiger partial charge in [0.25, 0.3) is 0 Å². The largest absolute Gasteiger partial charge is 0.379 e. The van der Waals surface area contributed by atoms with E-state index in [2.05, 4.69) is 19.2 Å². The lowest BCUT2D eigenvalue weighted by molar-refractivity contribution is -0.149. The molecule has 2 bridgehead atoms. The number of carbonyl (C=O) groups is 4. The van der Waals surface area contributed by atoms with Gasteiger partial charge in [0.15, 0.2) is 5.78 Å². The number of rotatable bonds is 21. The van der Waals surface area contributed by atoms with Crippen molar-refractivity contribution in [3.63, 3.8) is 0 Å². The highest BCUT2D eigenvalue weighted by Gasteiger charge is 2.46. The van der Waals surface area contributed by atoms with Gasteiger partial charge in [-0.3, -0.25) is 23.7 Å². The minimum Gasteiger partial charge on any atom is -0.379 e. The Bertz CT molecular complexity index is 1470. The Morgan fingerprint density at radius 2 is 1.69 bits per heavy atom. The van der Waals surface area contributed by atoms with Crippen LogP contribution in [0.3, 0.4) is 0 Å². The summed E-state index contributed by atoms with van der Waals surface area (Å²) in [6, 6.07) is 8.90. The lowest BCUT2D eigenvalue weighted by Crippen LogP contribution is -2.54. The molecule has 11 nitrogen and oxygen atoms in total. The van der Waals surface area contributed by atoms with Gasteiger partial charge in [-0.25, -0.2) is 0 Å². The molecule has 2 amide bonds. The number of likely N-dealkylation sites (tertiary alicyclic amines) is 1. The van der Waals surface area contributed by atoms with E-state index in [1.807, 2.05) is 44.2 Å². The molecule has 3 fully saturated rings. The van der Waals surface area contributed by atoms with Crippen LogP contribution in [0.5, 0.6) is 0 Å². The van der Waals surface area contributed by atoms with Crippen molar-refractivity contribution in [2.45, 2.75) is 141 Å². The number of nitrogens with zero attached hydrogens (tertiary/aromatic N) is 2. The van der Waals surface area contributed by atoms with E-state index in [1.165, 1.54) is 6.66 Å². The predicted molar refractivity (Wildman–Crippen MR) is 211 cm³/mol. The van der Waals surface area contributed by atoms with Crippen molar-refractivity contribution in [3.05, 3.63) is 35.9 Å². The average molecular weight is 774 g/mol. The van der Waals surface area contributed by atoms with Gasteiger partial charge in [0.2, 0.25) is 19.2 Å². The van der Waals surface area contributed by atoms with Gasteiger partial charge in [0.05, 0.1) is 36.8 Å². The molecule has 1 aromatic rings. The van der Waals surface area contributed by atoms with Crippen molar-refractivity contribution >= 4 is 30.7 Å². The first kappa shape index (κ1) is 44.3. The van der Waals surface area contributed by atoms with Gasteiger partial charge in [-0.05, 0) is 61.8 Å². The number of Topliss-reactive ketones (excluding diaryl/α,β-unsaturated/α-hetero) is 2. The number of nitrogens with one attached hydrogen (secondary N) is 1. The molecule has 4 rings (SSSR count). The molecule has 12 atom stereocenters. The highest BCUT2D eigenvalue weighted by Crippen LogP contribution is 2.46. The zero-order valence-corrected chi connectivity index (χ0v) is 35.1. The molecule has 2 N–H and O–H groups in total. The molecule has 0 spiro atoms. The van der Waals surface area contributed by atoms with Crippen LogP contribution in [0.2, 0.25) is 0 Å². The first-order valence-corrected chi connectivity index (χ1v) is 22.5. The van der Waals surface area contributed by atoms with Crippen molar-refractivity contribution in [2.75, 3.05) is 34.5 Å². The lowest BCUT2D eigenvalue weighted by Gasteiger charge is -2.41. The molecule has 3 aliphatic rings. The molecule has 2 heterocycles. The Balaban J connectivity index is 1.46. The molecular formula is C42H68N3O8P. The summed E-state index contributed by atoms with van der Waals surface area (Å²) >= 11 is 0. The fourth-order valence-electron chi connectivity index (χ4n) is 9.49. The fourth-order valence-corrected chi connectivity index (χ4v) is 10.6. The molecule has 304 valence electrons. The highest BCUT2D eigenvalue weighted by molar-refractivity contribution is 7.58. The zero-order chi connectivity index (χ0) is 39.9. The van der Waals surface area contributed by atoms with Crippen LogP contribution in [-0.4, -0.2) is 115 Å². The van der Waals surface area contributed by atoms with Gasteiger partial charge in [-0.15, -0.1) is 0 Å². The Morgan fingerprint density at radius 3 is 2.22 bits per heavy atom. The number of hydrogen-bond donors (Lipinski definition) is 2. The third-order valence-electron chi connectivity index (χ3n) is 13.0. The van der Waals surface area contributed by atoms with E-state index >= 15 is 0 Å². The molecule has 2 saturated heterocycles. The molecule has 1 aromatic carbocycles. The van der Waals surface area contributed by atoms with E-state index in [0.717, 1.165) is 37.7 Å².